The summed E-state index contributed by atoms with van der Waals surface area (Å²) in [6.45, 7) is 7.38. The fourth-order valence-corrected chi connectivity index (χ4v) is 19.4. The van der Waals surface area contributed by atoms with Gasteiger partial charge >= 0.3 is 11.9 Å². The first-order valence-electron chi connectivity index (χ1n) is 17.8. The van der Waals surface area contributed by atoms with Gasteiger partial charge in [-0.1, -0.05) is 96.7 Å². The Balaban J connectivity index is 1.74. The van der Waals surface area contributed by atoms with Gasteiger partial charge in [0.2, 0.25) is 0 Å². The van der Waals surface area contributed by atoms with Crippen molar-refractivity contribution in [2.75, 3.05) is 14.2 Å². The Bertz CT molecular complexity index is 806. The summed E-state index contributed by atoms with van der Waals surface area (Å²) in [6.07, 6.45) is 26.0. The number of hydrogen-bond donors (Lipinski definition) is 0. The van der Waals surface area contributed by atoms with Crippen LogP contribution in [0.2, 0.25) is 19.6 Å². The van der Waals surface area contributed by atoms with Crippen LogP contribution in [-0.2, 0) is 19.1 Å². The topological polar surface area (TPSA) is 59.1 Å². The molecule has 0 aliphatic heterocycles. The molecule has 0 saturated heterocycles. The minimum absolute atomic E-state index is 0.167. The van der Waals surface area contributed by atoms with Gasteiger partial charge in [-0.3, -0.25) is 18.9 Å². The Hall–Kier alpha value is -0.493. The van der Waals surface area contributed by atoms with Crippen molar-refractivity contribution < 1.29 is 19.1 Å². The van der Waals surface area contributed by atoms with E-state index in [-0.39, 0.29) is 28.6 Å². The zero-order chi connectivity index (χ0) is 29.9. The summed E-state index contributed by atoms with van der Waals surface area (Å²) >= 11 is 0. The van der Waals surface area contributed by atoms with Gasteiger partial charge in [0.15, 0.2) is 0 Å². The molecule has 0 unspecified atom stereocenters. The van der Waals surface area contributed by atoms with Crippen molar-refractivity contribution in [3.63, 3.8) is 0 Å². The highest BCUT2D eigenvalue weighted by atomic mass is 31.1. The van der Waals surface area contributed by atoms with Crippen LogP contribution in [-0.4, -0.2) is 72.5 Å². The third-order valence-corrected chi connectivity index (χ3v) is 20.9. The van der Waals surface area contributed by atoms with E-state index in [1.165, 1.54) is 143 Å². The summed E-state index contributed by atoms with van der Waals surface area (Å²) in [7, 11) is -0.0163. The average molecular weight is 621 g/mol. The lowest BCUT2D eigenvalue weighted by Crippen LogP contribution is -2.58. The molecular weight excluding hydrogens is 559 g/mol. The fraction of sp³-hybridized carbons (Fsp3) is 0.941. The van der Waals surface area contributed by atoms with Crippen LogP contribution in [0.3, 0.4) is 0 Å². The highest BCUT2D eigenvalue weighted by molar-refractivity contribution is 7.59. The van der Waals surface area contributed by atoms with Crippen molar-refractivity contribution in [1.29, 1.82) is 0 Å². The molecule has 0 radical (unpaired) electrons. The molecule has 0 heterocycles. The summed E-state index contributed by atoms with van der Waals surface area (Å²) in [5.41, 5.74) is 0. The standard InChI is InChI=1S/C34H61N2O4PSi/c1-39-32(37)30-31(33(38)40-2)34(30,42(3,4)5)41(35(26-18-10-6-11-19-26)27-20-12-7-13-21-27)36(28-22-14-8-15-23-28)29-24-16-9-17-25-29/h26-31H,6-25H2,1-5H3/t30-,31-/m1/s1. The van der Waals surface area contributed by atoms with Crippen LogP contribution < -0.4 is 0 Å². The van der Waals surface area contributed by atoms with E-state index in [1.807, 2.05) is 0 Å². The molecule has 5 saturated carbocycles. The lowest BCUT2D eigenvalue weighted by molar-refractivity contribution is -0.148. The first-order chi connectivity index (χ1) is 20.3. The van der Waals surface area contributed by atoms with Crippen molar-refractivity contribution in [2.24, 2.45) is 11.8 Å². The second-order valence-electron chi connectivity index (χ2n) is 15.3. The van der Waals surface area contributed by atoms with Gasteiger partial charge in [-0.05, 0) is 51.4 Å². The maximum Gasteiger partial charge on any atom is 0.310 e. The Labute approximate surface area is 259 Å². The van der Waals surface area contributed by atoms with Crippen molar-refractivity contribution in [2.45, 2.75) is 177 Å². The summed E-state index contributed by atoms with van der Waals surface area (Å²) in [4.78, 5) is 27.8. The average Bonchev–Trinajstić information content (AvgIpc) is 3.74. The number of hydrogen-bond acceptors (Lipinski definition) is 6. The Morgan fingerprint density at radius 1 is 0.548 bits per heavy atom. The summed E-state index contributed by atoms with van der Waals surface area (Å²) in [5, 5.41) is 0. The van der Waals surface area contributed by atoms with Crippen molar-refractivity contribution in [1.82, 2.24) is 9.34 Å². The van der Waals surface area contributed by atoms with E-state index in [2.05, 4.69) is 29.0 Å². The summed E-state index contributed by atoms with van der Waals surface area (Å²) < 4.78 is 17.0. The molecule has 0 N–H and O–H groups in total. The van der Waals surface area contributed by atoms with Gasteiger partial charge < -0.3 is 9.47 Å². The molecule has 5 fully saturated rings. The predicted octanol–water partition coefficient (Wildman–Crippen LogP) is 8.44. The van der Waals surface area contributed by atoms with Crippen LogP contribution in [0.15, 0.2) is 0 Å². The first kappa shape index (κ1) is 32.9. The normalized spacial score (nSPS) is 31.0. The molecule has 0 spiro atoms. The second kappa shape index (κ2) is 14.3. The maximum atomic E-state index is 13.9. The fourth-order valence-electron chi connectivity index (χ4n) is 9.84. The van der Waals surface area contributed by atoms with E-state index < -0.39 is 16.3 Å². The number of carbonyl (C=O) groups excluding carboxylic acids is 2. The highest BCUT2D eigenvalue weighted by Gasteiger charge is 2.82. The summed E-state index contributed by atoms with van der Waals surface area (Å²) in [6, 6.07) is 2.25. The number of rotatable bonds is 10. The van der Waals surface area contributed by atoms with Crippen LogP contribution in [0.4, 0.5) is 0 Å². The first-order valence-corrected chi connectivity index (χ1v) is 22.5. The van der Waals surface area contributed by atoms with Gasteiger partial charge in [-0.2, -0.15) is 0 Å². The van der Waals surface area contributed by atoms with Gasteiger partial charge in [0, 0.05) is 37.2 Å². The van der Waals surface area contributed by atoms with Crippen molar-refractivity contribution in [3.05, 3.63) is 0 Å². The zero-order valence-electron chi connectivity index (χ0n) is 27.6. The van der Waals surface area contributed by atoms with Crippen LogP contribution >= 0.6 is 8.22 Å². The predicted molar refractivity (Wildman–Crippen MR) is 175 cm³/mol. The van der Waals surface area contributed by atoms with E-state index in [1.54, 1.807) is 0 Å². The zero-order valence-corrected chi connectivity index (χ0v) is 29.5. The molecule has 0 amide bonds. The van der Waals surface area contributed by atoms with Gasteiger partial charge in [0.05, 0.1) is 34.1 Å². The molecule has 8 heteroatoms. The minimum atomic E-state index is -2.16. The largest absolute Gasteiger partial charge is 0.469 e. The monoisotopic (exact) mass is 620 g/mol. The Morgan fingerprint density at radius 3 is 1.02 bits per heavy atom. The smallest absolute Gasteiger partial charge is 0.310 e. The van der Waals surface area contributed by atoms with Gasteiger partial charge in [-0.15, -0.1) is 0 Å². The van der Waals surface area contributed by atoms with E-state index in [4.69, 9.17) is 9.47 Å². The lowest BCUT2D eigenvalue weighted by atomic mass is 9.90. The molecule has 5 rings (SSSR count). The number of carbonyl (C=O) groups is 2. The van der Waals surface area contributed by atoms with Gasteiger partial charge in [-0.25, -0.2) is 0 Å². The molecule has 42 heavy (non-hydrogen) atoms. The molecule has 240 valence electrons. The highest BCUT2D eigenvalue weighted by Crippen LogP contribution is 2.79. The van der Waals surface area contributed by atoms with Crippen molar-refractivity contribution in [3.8, 4) is 0 Å². The van der Waals surface area contributed by atoms with Crippen LogP contribution in [0.25, 0.3) is 0 Å². The second-order valence-corrected chi connectivity index (χ2v) is 23.3. The molecule has 0 bridgehead atoms. The van der Waals surface area contributed by atoms with Gasteiger partial charge in [0.25, 0.3) is 0 Å². The SMILES string of the molecule is COC(=O)[C@H]1[C@H](C(=O)OC)C1(P(N(C1CCCCC1)C1CCCCC1)N(C1CCCCC1)C1CCCCC1)[Si](C)(C)C. The van der Waals surface area contributed by atoms with E-state index in [9.17, 15) is 9.59 Å². The molecule has 0 aromatic rings. The third-order valence-electron chi connectivity index (χ3n) is 11.8. The lowest BCUT2D eigenvalue weighted by Gasteiger charge is -2.59. The maximum absolute atomic E-state index is 13.9. The number of ether oxygens (including phenoxy) is 2. The number of methoxy groups -OCH3 is 2. The molecular formula is C34H61N2O4PSi. The van der Waals surface area contributed by atoms with Crippen LogP contribution in [0.1, 0.15) is 128 Å². The van der Waals surface area contributed by atoms with E-state index in [0.717, 1.165) is 0 Å². The molecule has 0 aromatic carbocycles. The molecule has 5 aliphatic carbocycles. The molecule has 2 atom stereocenters. The van der Waals surface area contributed by atoms with E-state index >= 15 is 0 Å². The van der Waals surface area contributed by atoms with Crippen LogP contribution in [0.5, 0.6) is 0 Å². The third kappa shape index (κ3) is 6.29. The van der Waals surface area contributed by atoms with Crippen LogP contribution in [0, 0.1) is 11.8 Å². The summed E-state index contributed by atoms with van der Waals surface area (Å²) in [5.74, 6) is -1.09. The quantitative estimate of drug-likeness (QED) is 0.139. The number of nitrogens with zero attached hydrogens (tertiary/aromatic N) is 2. The number of esters is 2. The molecule has 5 aliphatic rings. The molecule has 0 aromatic heterocycles. The Kier molecular flexibility index (Phi) is 11.2. The minimum Gasteiger partial charge on any atom is -0.469 e. The van der Waals surface area contributed by atoms with Gasteiger partial charge in [0.1, 0.15) is 0 Å². The molecule has 6 nitrogen and oxygen atoms in total. The Morgan fingerprint density at radius 2 is 0.810 bits per heavy atom. The van der Waals surface area contributed by atoms with E-state index in [0.29, 0.717) is 24.2 Å². The van der Waals surface area contributed by atoms with Crippen molar-refractivity contribution >= 4 is 28.2 Å².